The number of nitrogens with one attached hydrogen (secondary N) is 2. The molecule has 0 radical (unpaired) electrons. The van der Waals surface area contributed by atoms with Crippen LogP contribution in [-0.4, -0.2) is 43.1 Å². The molecule has 2 heterocycles. The average molecular weight is 757 g/mol. The first kappa shape index (κ1) is 35.5. The van der Waals surface area contributed by atoms with Gasteiger partial charge in [-0.3, -0.25) is 9.59 Å². The average Bonchev–Trinajstić information content (AvgIpc) is 4.11. The summed E-state index contributed by atoms with van der Waals surface area (Å²) in [6.07, 6.45) is 5.27. The fourth-order valence-corrected chi connectivity index (χ4v) is 8.73. The van der Waals surface area contributed by atoms with Gasteiger partial charge in [0.1, 0.15) is 17.2 Å². The highest BCUT2D eigenvalue weighted by Gasteiger charge is 2.40. The number of hydrogen-bond acceptors (Lipinski definition) is 9. The number of carbonyl (C=O) groups excluding carboxylic acids is 2. The first-order chi connectivity index (χ1) is 26.4. The highest BCUT2D eigenvalue weighted by Crippen LogP contribution is 2.51. The topological polar surface area (TPSA) is 112 Å². The summed E-state index contributed by atoms with van der Waals surface area (Å²) in [4.78, 5) is 36.3. The van der Waals surface area contributed by atoms with Gasteiger partial charge in [-0.05, 0) is 98.2 Å². The molecule has 2 amide bonds. The van der Waals surface area contributed by atoms with Crippen molar-refractivity contribution in [1.29, 1.82) is 0 Å². The molecule has 4 aromatic carbocycles. The van der Waals surface area contributed by atoms with Crippen LogP contribution in [0.1, 0.15) is 73.8 Å². The second kappa shape index (κ2) is 15.5. The zero-order valence-electron chi connectivity index (χ0n) is 30.3. The van der Waals surface area contributed by atoms with Gasteiger partial charge < -0.3 is 24.8 Å². The molecule has 8 rings (SSSR count). The Morgan fingerprint density at radius 1 is 0.685 bits per heavy atom. The Labute approximate surface area is 322 Å². The Bertz CT molecular complexity index is 2300. The lowest BCUT2D eigenvalue weighted by molar-refractivity contribution is 0.101. The number of methoxy groups -OCH3 is 3. The van der Waals surface area contributed by atoms with Crippen LogP contribution < -0.4 is 24.8 Å². The Morgan fingerprint density at radius 2 is 1.24 bits per heavy atom. The summed E-state index contributed by atoms with van der Waals surface area (Å²) in [6.45, 7) is 0. The molecule has 9 nitrogen and oxygen atoms in total. The van der Waals surface area contributed by atoms with E-state index >= 15 is 0 Å². The number of aromatic nitrogens is 2. The fraction of sp³-hybridized carbons (Fsp3) is 0.256. The first-order valence-corrected chi connectivity index (χ1v) is 19.8. The number of aryl methyl sites for hydroxylation is 1. The van der Waals surface area contributed by atoms with E-state index in [2.05, 4.69) is 21.4 Å². The SMILES string of the molecule is COc1ccc(C(=O)Nc2ccc(-c3csc(C4CC4)n3)cc2)c(CCC2CC2c2nc(-c3ccc(NC(=O)c4ccc(OC)cc4OC)cc3)cs2)c1. The van der Waals surface area contributed by atoms with Crippen molar-refractivity contribution < 1.29 is 23.8 Å². The molecule has 274 valence electrons. The van der Waals surface area contributed by atoms with Gasteiger partial charge in [0, 0.05) is 56.7 Å². The quantitative estimate of drug-likeness (QED) is 0.114. The number of thiazole rings is 2. The van der Waals surface area contributed by atoms with Gasteiger partial charge in [0.05, 0.1) is 48.3 Å². The Balaban J connectivity index is 0.867. The number of ether oxygens (including phenoxy) is 3. The molecule has 2 aliphatic rings. The maximum Gasteiger partial charge on any atom is 0.259 e. The summed E-state index contributed by atoms with van der Waals surface area (Å²) < 4.78 is 16.2. The number of amides is 2. The second-order valence-electron chi connectivity index (χ2n) is 13.7. The van der Waals surface area contributed by atoms with Crippen molar-refractivity contribution in [3.05, 3.63) is 122 Å². The maximum absolute atomic E-state index is 13.5. The molecular formula is C43H40N4O5S2. The summed E-state index contributed by atoms with van der Waals surface area (Å²) in [7, 11) is 4.75. The summed E-state index contributed by atoms with van der Waals surface area (Å²) >= 11 is 3.42. The second-order valence-corrected chi connectivity index (χ2v) is 15.5. The molecule has 2 aromatic heterocycles. The Morgan fingerprint density at radius 3 is 1.83 bits per heavy atom. The van der Waals surface area contributed by atoms with Gasteiger partial charge in [0.25, 0.3) is 11.8 Å². The number of hydrogen-bond donors (Lipinski definition) is 2. The van der Waals surface area contributed by atoms with Crippen molar-refractivity contribution in [2.75, 3.05) is 32.0 Å². The normalized spacial score (nSPS) is 16.1. The molecule has 11 heteroatoms. The third kappa shape index (κ3) is 7.88. The zero-order chi connectivity index (χ0) is 37.2. The number of carbonyl (C=O) groups is 2. The van der Waals surface area contributed by atoms with Crippen LogP contribution in [0.5, 0.6) is 17.2 Å². The molecule has 2 atom stereocenters. The van der Waals surface area contributed by atoms with E-state index in [1.807, 2.05) is 66.7 Å². The lowest BCUT2D eigenvalue weighted by atomic mass is 9.99. The van der Waals surface area contributed by atoms with Crippen molar-refractivity contribution in [2.24, 2.45) is 5.92 Å². The van der Waals surface area contributed by atoms with Crippen LogP contribution >= 0.6 is 22.7 Å². The first-order valence-electron chi connectivity index (χ1n) is 18.0. The van der Waals surface area contributed by atoms with E-state index in [-0.39, 0.29) is 11.8 Å². The summed E-state index contributed by atoms with van der Waals surface area (Å²) in [5.41, 5.74) is 7.44. The van der Waals surface area contributed by atoms with Gasteiger partial charge in [0.2, 0.25) is 0 Å². The van der Waals surface area contributed by atoms with E-state index in [1.165, 1.54) is 25.0 Å². The van der Waals surface area contributed by atoms with Crippen molar-refractivity contribution in [2.45, 2.75) is 43.9 Å². The van der Waals surface area contributed by atoms with Crippen LogP contribution in [0.2, 0.25) is 0 Å². The van der Waals surface area contributed by atoms with E-state index < -0.39 is 0 Å². The van der Waals surface area contributed by atoms with Crippen LogP contribution in [-0.2, 0) is 6.42 Å². The van der Waals surface area contributed by atoms with Gasteiger partial charge in [0.15, 0.2) is 0 Å². The molecule has 2 saturated carbocycles. The minimum absolute atomic E-state index is 0.131. The standard InChI is InChI=1S/C43H40N4O5S2/c1-50-32-16-18-34(40(48)44-30-12-8-25(9-13-30)37-23-53-42(46-37)27-4-5-27)28(20-32)6-7-29-21-36(29)43-47-38(24-54-43)26-10-14-31(15-11-26)45-41(49)35-19-17-33(51-2)22-39(35)52-3/h8-20,22-24,27,29,36H,4-7,21H2,1-3H3,(H,44,48)(H,45,49). The predicted octanol–water partition coefficient (Wildman–Crippen LogP) is 10.1. The zero-order valence-corrected chi connectivity index (χ0v) is 31.9. The minimum Gasteiger partial charge on any atom is -0.497 e. The Kier molecular flexibility index (Phi) is 10.2. The number of anilines is 2. The van der Waals surface area contributed by atoms with Crippen LogP contribution in [0, 0.1) is 5.92 Å². The largest absolute Gasteiger partial charge is 0.497 e. The highest BCUT2D eigenvalue weighted by molar-refractivity contribution is 7.10. The number of benzene rings is 4. The van der Waals surface area contributed by atoms with Gasteiger partial charge in [-0.15, -0.1) is 22.7 Å². The third-order valence-corrected chi connectivity index (χ3v) is 12.1. The van der Waals surface area contributed by atoms with E-state index in [0.29, 0.717) is 46.1 Å². The monoisotopic (exact) mass is 756 g/mol. The van der Waals surface area contributed by atoms with Gasteiger partial charge >= 0.3 is 0 Å². The van der Waals surface area contributed by atoms with Crippen LogP contribution in [0.25, 0.3) is 22.5 Å². The molecule has 0 saturated heterocycles. The Hall–Kier alpha value is -5.52. The molecule has 2 N–H and O–H groups in total. The van der Waals surface area contributed by atoms with Crippen molar-refractivity contribution >= 4 is 45.9 Å². The van der Waals surface area contributed by atoms with Crippen molar-refractivity contribution in [3.63, 3.8) is 0 Å². The van der Waals surface area contributed by atoms with Crippen LogP contribution in [0.4, 0.5) is 11.4 Å². The highest BCUT2D eigenvalue weighted by atomic mass is 32.1. The lowest BCUT2D eigenvalue weighted by Gasteiger charge is -2.12. The van der Waals surface area contributed by atoms with E-state index in [9.17, 15) is 9.59 Å². The molecule has 0 bridgehead atoms. The van der Waals surface area contributed by atoms with Crippen molar-refractivity contribution in [3.8, 4) is 39.8 Å². The molecule has 0 spiro atoms. The summed E-state index contributed by atoms with van der Waals surface area (Å²) in [5.74, 6) is 2.95. The summed E-state index contributed by atoms with van der Waals surface area (Å²) in [5, 5.41) is 12.6. The smallest absolute Gasteiger partial charge is 0.259 e. The van der Waals surface area contributed by atoms with Crippen LogP contribution in [0.3, 0.4) is 0 Å². The van der Waals surface area contributed by atoms with Crippen LogP contribution in [0.15, 0.2) is 95.7 Å². The molecule has 2 fully saturated rings. The minimum atomic E-state index is -0.265. The van der Waals surface area contributed by atoms with Gasteiger partial charge in [-0.1, -0.05) is 24.3 Å². The van der Waals surface area contributed by atoms with Gasteiger partial charge in [-0.2, -0.15) is 0 Å². The van der Waals surface area contributed by atoms with E-state index in [4.69, 9.17) is 24.2 Å². The number of nitrogens with zero attached hydrogens (tertiary/aromatic N) is 2. The van der Waals surface area contributed by atoms with Crippen molar-refractivity contribution in [1.82, 2.24) is 9.97 Å². The third-order valence-electron chi connectivity index (χ3n) is 10.1. The number of rotatable bonds is 14. The van der Waals surface area contributed by atoms with E-state index in [1.54, 1.807) is 55.1 Å². The summed E-state index contributed by atoms with van der Waals surface area (Å²) in [6, 6.07) is 26.4. The molecular weight excluding hydrogens is 717 g/mol. The molecule has 0 aliphatic heterocycles. The molecule has 54 heavy (non-hydrogen) atoms. The maximum atomic E-state index is 13.5. The predicted molar refractivity (Wildman–Crippen MR) is 215 cm³/mol. The lowest BCUT2D eigenvalue weighted by Crippen LogP contribution is -2.14. The molecule has 2 unspecified atom stereocenters. The molecule has 6 aromatic rings. The van der Waals surface area contributed by atoms with Gasteiger partial charge in [-0.25, -0.2) is 9.97 Å². The fourth-order valence-electron chi connectivity index (χ4n) is 6.70. The van der Waals surface area contributed by atoms with E-state index in [0.717, 1.165) is 63.8 Å². The molecule has 2 aliphatic carbocycles.